The molecule has 0 spiro atoms. The molecule has 0 unspecified atom stereocenters. The maximum Gasteiger partial charge on any atom is 0.150 e. The van der Waals surface area contributed by atoms with Crippen LogP contribution >= 0.6 is 0 Å². The normalized spacial score (nSPS) is 18.7. The summed E-state index contributed by atoms with van der Waals surface area (Å²) in [4.78, 5) is 2.49. The zero-order valence-electron chi connectivity index (χ0n) is 22.2. The highest BCUT2D eigenvalue weighted by Gasteiger charge is 2.34. The molecule has 198 valence electrons. The van der Waals surface area contributed by atoms with Gasteiger partial charge in [-0.05, 0) is 73.5 Å². The van der Waals surface area contributed by atoms with Gasteiger partial charge < -0.3 is 23.7 Å². The van der Waals surface area contributed by atoms with Crippen molar-refractivity contribution in [1.29, 1.82) is 0 Å². The van der Waals surface area contributed by atoms with Crippen molar-refractivity contribution in [3.05, 3.63) is 77.4 Å². The second-order valence-electron chi connectivity index (χ2n) is 10.0. The Hall–Kier alpha value is -3.64. The number of methoxy groups -OCH3 is 2. The van der Waals surface area contributed by atoms with E-state index in [9.17, 15) is 0 Å². The van der Waals surface area contributed by atoms with Gasteiger partial charge in [0, 0.05) is 41.8 Å². The standard InChI is InChI=1S/C32H35NO5/c1-34-24-11-13-28-29(20-24)37-18-14-27-26-12-10-25(35-2)21-30(26)38-32(31(27)28)22-6-8-23(9-7-22)36-19-17-33-15-4-3-5-16-33/h6-13,20-21,32H,3-5,14-19H2,1-2H3/t32-/m1/s1. The maximum atomic E-state index is 6.73. The van der Waals surface area contributed by atoms with E-state index < -0.39 is 0 Å². The molecule has 0 amide bonds. The van der Waals surface area contributed by atoms with Crippen LogP contribution in [0.5, 0.6) is 28.7 Å². The lowest BCUT2D eigenvalue weighted by Gasteiger charge is -2.31. The number of nitrogens with zero attached hydrogens (tertiary/aromatic N) is 1. The molecule has 1 fully saturated rings. The average Bonchev–Trinajstić information content (AvgIpc) is 3.17. The molecule has 3 heterocycles. The highest BCUT2D eigenvalue weighted by atomic mass is 16.5. The minimum absolute atomic E-state index is 0.291. The van der Waals surface area contributed by atoms with Crippen molar-refractivity contribution in [2.75, 3.05) is 47.1 Å². The highest BCUT2D eigenvalue weighted by Crippen LogP contribution is 2.52. The minimum Gasteiger partial charge on any atom is -0.497 e. The molecule has 0 aromatic heterocycles. The van der Waals surface area contributed by atoms with Crippen LogP contribution in [0.25, 0.3) is 11.1 Å². The fourth-order valence-electron chi connectivity index (χ4n) is 5.72. The molecule has 0 saturated carbocycles. The van der Waals surface area contributed by atoms with Crippen molar-refractivity contribution in [3.63, 3.8) is 0 Å². The van der Waals surface area contributed by atoms with E-state index in [-0.39, 0.29) is 6.10 Å². The molecule has 38 heavy (non-hydrogen) atoms. The fourth-order valence-corrected chi connectivity index (χ4v) is 5.72. The Morgan fingerprint density at radius 2 is 1.47 bits per heavy atom. The lowest BCUT2D eigenvalue weighted by molar-refractivity contribution is 0.183. The van der Waals surface area contributed by atoms with Crippen molar-refractivity contribution in [2.24, 2.45) is 0 Å². The SMILES string of the molecule is COc1ccc2c(c1)O[C@H](c1ccc(OCCN3CCCCC3)cc1)C1=C2CCOc2cc(OC)ccc21. The topological polar surface area (TPSA) is 49.4 Å². The molecule has 0 aliphatic carbocycles. The highest BCUT2D eigenvalue weighted by molar-refractivity contribution is 5.98. The number of benzene rings is 3. The third-order valence-corrected chi connectivity index (χ3v) is 7.74. The predicted octanol–water partition coefficient (Wildman–Crippen LogP) is 6.40. The number of ether oxygens (including phenoxy) is 5. The molecule has 1 saturated heterocycles. The van der Waals surface area contributed by atoms with Crippen molar-refractivity contribution in [3.8, 4) is 28.7 Å². The second kappa shape index (κ2) is 11.0. The molecule has 3 aliphatic rings. The first-order valence-electron chi connectivity index (χ1n) is 13.6. The first-order valence-corrected chi connectivity index (χ1v) is 13.6. The van der Waals surface area contributed by atoms with Crippen LogP contribution in [-0.4, -0.2) is 52.0 Å². The first kappa shape index (κ1) is 24.7. The molecule has 0 N–H and O–H groups in total. The van der Waals surface area contributed by atoms with Crippen LogP contribution in [0.2, 0.25) is 0 Å². The van der Waals surface area contributed by atoms with E-state index in [0.29, 0.717) is 13.2 Å². The zero-order chi connectivity index (χ0) is 25.9. The molecule has 1 atom stereocenters. The fraction of sp³-hybridized carbons (Fsp3) is 0.375. The molecule has 3 aliphatic heterocycles. The largest absolute Gasteiger partial charge is 0.497 e. The van der Waals surface area contributed by atoms with Crippen LogP contribution in [-0.2, 0) is 0 Å². The lowest BCUT2D eigenvalue weighted by atomic mass is 9.84. The Morgan fingerprint density at radius 3 is 2.21 bits per heavy atom. The Labute approximate surface area is 224 Å². The van der Waals surface area contributed by atoms with Gasteiger partial charge >= 0.3 is 0 Å². The van der Waals surface area contributed by atoms with Gasteiger partial charge in [-0.15, -0.1) is 0 Å². The Balaban J connectivity index is 1.32. The van der Waals surface area contributed by atoms with Crippen LogP contribution < -0.4 is 23.7 Å². The monoisotopic (exact) mass is 513 g/mol. The summed E-state index contributed by atoms with van der Waals surface area (Å²) in [6.07, 6.45) is 4.43. The Morgan fingerprint density at radius 1 is 0.789 bits per heavy atom. The van der Waals surface area contributed by atoms with Gasteiger partial charge in [0.15, 0.2) is 0 Å². The summed E-state index contributed by atoms with van der Waals surface area (Å²) in [5, 5.41) is 0. The zero-order valence-corrected chi connectivity index (χ0v) is 22.2. The second-order valence-corrected chi connectivity index (χ2v) is 10.0. The smallest absolute Gasteiger partial charge is 0.150 e. The number of hydrogen-bond acceptors (Lipinski definition) is 6. The van der Waals surface area contributed by atoms with Crippen LogP contribution in [0, 0.1) is 0 Å². The average molecular weight is 514 g/mol. The van der Waals surface area contributed by atoms with Crippen molar-refractivity contribution in [2.45, 2.75) is 31.8 Å². The van der Waals surface area contributed by atoms with Crippen LogP contribution in [0.15, 0.2) is 60.7 Å². The van der Waals surface area contributed by atoms with Crippen molar-refractivity contribution < 1.29 is 23.7 Å². The summed E-state index contributed by atoms with van der Waals surface area (Å²) in [6, 6.07) is 20.4. The molecule has 6 nitrogen and oxygen atoms in total. The lowest BCUT2D eigenvalue weighted by Crippen LogP contribution is -2.33. The molecule has 3 aromatic carbocycles. The van der Waals surface area contributed by atoms with Gasteiger partial charge in [-0.3, -0.25) is 4.90 Å². The van der Waals surface area contributed by atoms with Gasteiger partial charge in [-0.2, -0.15) is 0 Å². The Kier molecular flexibility index (Phi) is 7.14. The van der Waals surface area contributed by atoms with Gasteiger partial charge in [-0.1, -0.05) is 18.6 Å². The Bertz CT molecular complexity index is 1310. The number of piperidine rings is 1. The molecule has 3 aromatic rings. The molecule has 0 radical (unpaired) electrons. The molecular weight excluding hydrogens is 478 g/mol. The van der Waals surface area contributed by atoms with E-state index in [1.54, 1.807) is 14.2 Å². The van der Waals surface area contributed by atoms with Gasteiger partial charge in [0.1, 0.15) is 41.5 Å². The summed E-state index contributed by atoms with van der Waals surface area (Å²) in [5.74, 6) is 4.08. The summed E-state index contributed by atoms with van der Waals surface area (Å²) in [5.41, 5.74) is 5.56. The number of fused-ring (bicyclic) bond motifs is 4. The summed E-state index contributed by atoms with van der Waals surface area (Å²) in [7, 11) is 3.36. The van der Waals surface area contributed by atoms with Crippen LogP contribution in [0.1, 0.15) is 48.5 Å². The van der Waals surface area contributed by atoms with Gasteiger partial charge in [-0.25, -0.2) is 0 Å². The first-order chi connectivity index (χ1) is 18.7. The quantitative estimate of drug-likeness (QED) is 0.365. The van der Waals surface area contributed by atoms with E-state index in [1.807, 2.05) is 24.3 Å². The molecule has 6 rings (SSSR count). The third kappa shape index (κ3) is 4.93. The van der Waals surface area contributed by atoms with E-state index in [4.69, 9.17) is 23.7 Å². The molecular formula is C32H35NO5. The minimum atomic E-state index is -0.291. The number of hydrogen-bond donors (Lipinski definition) is 0. The maximum absolute atomic E-state index is 6.73. The van der Waals surface area contributed by atoms with E-state index in [2.05, 4.69) is 41.3 Å². The third-order valence-electron chi connectivity index (χ3n) is 7.74. The van der Waals surface area contributed by atoms with E-state index in [1.165, 1.54) is 37.9 Å². The van der Waals surface area contributed by atoms with Gasteiger partial charge in [0.2, 0.25) is 0 Å². The summed E-state index contributed by atoms with van der Waals surface area (Å²) in [6.45, 7) is 4.63. The van der Waals surface area contributed by atoms with Gasteiger partial charge in [0.25, 0.3) is 0 Å². The summed E-state index contributed by atoms with van der Waals surface area (Å²) >= 11 is 0. The van der Waals surface area contributed by atoms with E-state index in [0.717, 1.165) is 64.0 Å². The van der Waals surface area contributed by atoms with E-state index >= 15 is 0 Å². The number of likely N-dealkylation sites (tertiary alicyclic amines) is 1. The molecule has 0 bridgehead atoms. The molecule has 6 heteroatoms. The number of rotatable bonds is 7. The van der Waals surface area contributed by atoms with Crippen molar-refractivity contribution >= 4 is 11.1 Å². The van der Waals surface area contributed by atoms with Crippen LogP contribution in [0.4, 0.5) is 0 Å². The van der Waals surface area contributed by atoms with Crippen molar-refractivity contribution in [1.82, 2.24) is 4.90 Å². The van der Waals surface area contributed by atoms with Gasteiger partial charge in [0.05, 0.1) is 20.8 Å². The van der Waals surface area contributed by atoms with Crippen LogP contribution in [0.3, 0.4) is 0 Å². The predicted molar refractivity (Wildman–Crippen MR) is 149 cm³/mol. The summed E-state index contributed by atoms with van der Waals surface area (Å²) < 4.78 is 30.0.